The Hall–Kier alpha value is -3.22. The maximum atomic E-state index is 12.9. The lowest BCUT2D eigenvalue weighted by Gasteiger charge is -2.09. The number of rotatable bonds is 3. The van der Waals surface area contributed by atoms with Gasteiger partial charge in [0.15, 0.2) is 20.4 Å². The van der Waals surface area contributed by atoms with Crippen LogP contribution in [0.3, 0.4) is 0 Å². The summed E-state index contributed by atoms with van der Waals surface area (Å²) < 4.78 is 37.1. The number of ether oxygens (including phenoxy) is 1. The van der Waals surface area contributed by atoms with Crippen molar-refractivity contribution in [2.24, 2.45) is 0 Å². The molecule has 5 rings (SSSR count). The van der Waals surface area contributed by atoms with E-state index < -0.39 is 21.0 Å². The molecule has 1 aliphatic heterocycles. The summed E-state index contributed by atoms with van der Waals surface area (Å²) >= 11 is 0. The van der Waals surface area contributed by atoms with E-state index in [0.717, 1.165) is 20.4 Å². The third kappa shape index (κ3) is 3.44. The first kappa shape index (κ1) is 18.8. The van der Waals surface area contributed by atoms with Crippen LogP contribution in [-0.4, -0.2) is 8.42 Å². The predicted octanol–water partition coefficient (Wildman–Crippen LogP) is 5.66. The van der Waals surface area contributed by atoms with Gasteiger partial charge in [-0.25, -0.2) is 0 Å². The molecule has 1 atom stereocenters. The molecule has 0 saturated heterocycles. The molecule has 0 radical (unpaired) electrons. The van der Waals surface area contributed by atoms with Gasteiger partial charge in [0.2, 0.25) is 4.90 Å². The molecule has 0 aliphatic carbocycles. The van der Waals surface area contributed by atoms with Crippen molar-refractivity contribution in [2.75, 3.05) is 0 Å². The molecule has 1 aliphatic rings. The summed E-state index contributed by atoms with van der Waals surface area (Å²) in [6.45, 7) is 0. The third-order valence-corrected chi connectivity index (χ3v) is 8.38. The third-order valence-electron chi connectivity index (χ3n) is 4.65. The molecule has 0 amide bonds. The molecule has 4 aromatic carbocycles. The second kappa shape index (κ2) is 7.55. The van der Waals surface area contributed by atoms with Gasteiger partial charge >= 0.3 is 10.1 Å². The van der Waals surface area contributed by atoms with Gasteiger partial charge in [0.1, 0.15) is 22.4 Å². The molecule has 4 nitrogen and oxygen atoms in total. The highest BCUT2D eigenvalue weighted by Crippen LogP contribution is 2.43. The van der Waals surface area contributed by atoms with Gasteiger partial charge < -0.3 is 8.92 Å². The SMILES string of the molecule is O=S1(=O)Oc2ccccc2[S+](c2ccc(Oc3ccccc3)cc2)c2ccccc21. The van der Waals surface area contributed by atoms with E-state index in [9.17, 15) is 8.42 Å². The first-order chi connectivity index (χ1) is 14.6. The van der Waals surface area contributed by atoms with Crippen molar-refractivity contribution in [3.63, 3.8) is 0 Å². The fourth-order valence-electron chi connectivity index (χ4n) is 3.32. The van der Waals surface area contributed by atoms with E-state index in [1.165, 1.54) is 0 Å². The first-order valence-corrected chi connectivity index (χ1v) is 11.9. The van der Waals surface area contributed by atoms with Crippen LogP contribution in [0, 0.1) is 0 Å². The summed E-state index contributed by atoms with van der Waals surface area (Å²) in [4.78, 5) is 2.74. The lowest BCUT2D eigenvalue weighted by molar-refractivity contribution is 0.480. The summed E-state index contributed by atoms with van der Waals surface area (Å²) in [5.74, 6) is 1.84. The number of fused-ring (bicyclic) bond motifs is 2. The van der Waals surface area contributed by atoms with Crippen LogP contribution >= 0.6 is 0 Å². The van der Waals surface area contributed by atoms with Crippen molar-refractivity contribution in [1.82, 2.24) is 0 Å². The van der Waals surface area contributed by atoms with E-state index in [1.807, 2.05) is 78.9 Å². The van der Waals surface area contributed by atoms with Gasteiger partial charge in [-0.3, -0.25) is 0 Å². The second-order valence-electron chi connectivity index (χ2n) is 6.62. The maximum Gasteiger partial charge on any atom is 0.344 e. The summed E-state index contributed by atoms with van der Waals surface area (Å²) in [6.07, 6.45) is 0. The van der Waals surface area contributed by atoms with Gasteiger partial charge in [-0.15, -0.1) is 0 Å². The van der Waals surface area contributed by atoms with Crippen LogP contribution in [0.1, 0.15) is 0 Å². The lowest BCUT2D eigenvalue weighted by Crippen LogP contribution is -2.10. The zero-order valence-corrected chi connectivity index (χ0v) is 17.4. The van der Waals surface area contributed by atoms with Gasteiger partial charge in [0.25, 0.3) is 0 Å². The predicted molar refractivity (Wildman–Crippen MR) is 116 cm³/mol. The van der Waals surface area contributed by atoms with Crippen molar-refractivity contribution in [2.45, 2.75) is 19.6 Å². The minimum Gasteiger partial charge on any atom is -0.457 e. The Balaban J connectivity index is 1.61. The highest BCUT2D eigenvalue weighted by atomic mass is 32.2. The molecule has 148 valence electrons. The number of para-hydroxylation sites is 2. The van der Waals surface area contributed by atoms with Crippen molar-refractivity contribution >= 4 is 21.0 Å². The molecule has 6 heteroatoms. The fourth-order valence-corrected chi connectivity index (χ4v) is 7.12. The van der Waals surface area contributed by atoms with Crippen molar-refractivity contribution < 1.29 is 17.3 Å². The quantitative estimate of drug-likeness (QED) is 0.309. The summed E-state index contributed by atoms with van der Waals surface area (Å²) in [5.41, 5.74) is 0. The molecular weight excluding hydrogens is 416 g/mol. The van der Waals surface area contributed by atoms with Gasteiger partial charge in [0, 0.05) is 0 Å². The molecule has 0 spiro atoms. The average Bonchev–Trinajstić information content (AvgIpc) is 2.87. The first-order valence-electron chi connectivity index (χ1n) is 9.32. The molecule has 0 fully saturated rings. The Bertz CT molecular complexity index is 1300. The Morgan fingerprint density at radius 3 is 2.00 bits per heavy atom. The van der Waals surface area contributed by atoms with E-state index in [0.29, 0.717) is 11.5 Å². The smallest absolute Gasteiger partial charge is 0.344 e. The average molecular weight is 434 g/mol. The van der Waals surface area contributed by atoms with Crippen LogP contribution in [0.2, 0.25) is 0 Å². The maximum absolute atomic E-state index is 12.9. The molecular formula is C24H17O4S2+. The number of benzene rings is 4. The highest BCUT2D eigenvalue weighted by molar-refractivity contribution is 7.98. The van der Waals surface area contributed by atoms with Crippen LogP contribution in [0.25, 0.3) is 0 Å². The molecule has 1 heterocycles. The van der Waals surface area contributed by atoms with Crippen LogP contribution in [0.4, 0.5) is 0 Å². The monoisotopic (exact) mass is 433 g/mol. The zero-order chi connectivity index (χ0) is 20.6. The second-order valence-corrected chi connectivity index (χ2v) is 10.1. The van der Waals surface area contributed by atoms with Gasteiger partial charge in [-0.05, 0) is 60.7 Å². The summed E-state index contributed by atoms with van der Waals surface area (Å²) in [6, 6.07) is 31.7. The number of hydrogen-bond donors (Lipinski definition) is 0. The van der Waals surface area contributed by atoms with Crippen molar-refractivity contribution in [3.8, 4) is 17.2 Å². The molecule has 30 heavy (non-hydrogen) atoms. The van der Waals surface area contributed by atoms with Crippen molar-refractivity contribution in [3.05, 3.63) is 103 Å². The Morgan fingerprint density at radius 1 is 0.633 bits per heavy atom. The van der Waals surface area contributed by atoms with E-state index in [4.69, 9.17) is 8.92 Å². The number of hydrogen-bond acceptors (Lipinski definition) is 4. The largest absolute Gasteiger partial charge is 0.457 e. The summed E-state index contributed by atoms with van der Waals surface area (Å²) in [5, 5.41) is 0. The topological polar surface area (TPSA) is 52.6 Å². The molecule has 0 saturated carbocycles. The van der Waals surface area contributed by atoms with Crippen LogP contribution in [0.5, 0.6) is 17.2 Å². The molecule has 0 aromatic heterocycles. The fraction of sp³-hybridized carbons (Fsp3) is 0. The molecule has 0 bridgehead atoms. The summed E-state index contributed by atoms with van der Waals surface area (Å²) in [7, 11) is -4.54. The molecule has 0 N–H and O–H groups in total. The molecule has 4 aromatic rings. The van der Waals surface area contributed by atoms with Crippen LogP contribution in [0.15, 0.2) is 123 Å². The van der Waals surface area contributed by atoms with E-state index in [1.54, 1.807) is 24.3 Å². The minimum atomic E-state index is -3.90. The molecule has 1 unspecified atom stereocenters. The normalized spacial score (nSPS) is 16.5. The Morgan fingerprint density at radius 2 is 1.23 bits per heavy atom. The zero-order valence-electron chi connectivity index (χ0n) is 15.8. The minimum absolute atomic E-state index is 0.203. The van der Waals surface area contributed by atoms with Gasteiger partial charge in [0.05, 0.1) is 0 Å². The highest BCUT2D eigenvalue weighted by Gasteiger charge is 2.42. The van der Waals surface area contributed by atoms with E-state index in [2.05, 4.69) is 0 Å². The Kier molecular flexibility index (Phi) is 4.73. The van der Waals surface area contributed by atoms with E-state index >= 15 is 0 Å². The van der Waals surface area contributed by atoms with Gasteiger partial charge in [-0.2, -0.15) is 8.42 Å². The van der Waals surface area contributed by atoms with Gasteiger partial charge in [-0.1, -0.05) is 42.5 Å². The Labute approximate surface area is 178 Å². The van der Waals surface area contributed by atoms with Crippen LogP contribution < -0.4 is 8.92 Å². The standard InChI is InChI=1S/C24H17O4S2/c25-30(26)24-13-7-6-12-23(24)29(22-11-5-4-10-21(22)28-30)20-16-14-19(15-17-20)27-18-8-2-1-3-9-18/h1-17H/q+1. The van der Waals surface area contributed by atoms with Crippen molar-refractivity contribution in [1.29, 1.82) is 0 Å². The van der Waals surface area contributed by atoms with Crippen LogP contribution in [-0.2, 0) is 21.0 Å². The lowest BCUT2D eigenvalue weighted by atomic mass is 10.3. The van der Waals surface area contributed by atoms with E-state index in [-0.39, 0.29) is 4.90 Å².